The van der Waals surface area contributed by atoms with Gasteiger partial charge in [0.2, 0.25) is 5.89 Å². The summed E-state index contributed by atoms with van der Waals surface area (Å²) in [4.78, 5) is 36.0. The van der Waals surface area contributed by atoms with Crippen molar-refractivity contribution in [2.45, 2.75) is 78.1 Å². The van der Waals surface area contributed by atoms with Crippen molar-refractivity contribution >= 4 is 22.8 Å². The van der Waals surface area contributed by atoms with Crippen molar-refractivity contribution in [1.82, 2.24) is 25.0 Å². The van der Waals surface area contributed by atoms with E-state index in [4.69, 9.17) is 29.6 Å². The van der Waals surface area contributed by atoms with Gasteiger partial charge in [0, 0.05) is 60.3 Å². The molecule has 0 radical (unpaired) electrons. The van der Waals surface area contributed by atoms with Gasteiger partial charge in [0.25, 0.3) is 5.91 Å². The highest BCUT2D eigenvalue weighted by Gasteiger charge is 2.34. The zero-order chi connectivity index (χ0) is 31.9. The number of oxazole rings is 1. The Morgan fingerprint density at radius 1 is 1.24 bits per heavy atom. The van der Waals surface area contributed by atoms with Crippen molar-refractivity contribution < 1.29 is 23.5 Å². The van der Waals surface area contributed by atoms with Crippen molar-refractivity contribution in [3.05, 3.63) is 59.7 Å². The number of cyclic esters (lactones) is 1. The Bertz CT molecular complexity index is 1730. The third kappa shape index (κ3) is 5.99. The van der Waals surface area contributed by atoms with Crippen molar-refractivity contribution in [2.75, 3.05) is 20.3 Å². The molecule has 238 valence electrons. The van der Waals surface area contributed by atoms with Crippen LogP contribution in [0, 0.1) is 5.41 Å². The summed E-state index contributed by atoms with van der Waals surface area (Å²) in [6.07, 6.45) is 5.20. The molecule has 0 aliphatic carbocycles. The number of amides is 1. The Morgan fingerprint density at radius 2 is 2.07 bits per heavy atom. The van der Waals surface area contributed by atoms with Crippen molar-refractivity contribution in [1.29, 1.82) is 0 Å². The molecule has 4 aromatic rings. The Labute approximate surface area is 263 Å². The normalized spacial score (nSPS) is 21.4. The number of ether oxygens (including phenoxy) is 2. The summed E-state index contributed by atoms with van der Waals surface area (Å²) in [5, 5.41) is 2.50. The smallest absolute Gasteiger partial charge is 0.324 e. The van der Waals surface area contributed by atoms with E-state index in [1.165, 1.54) is 5.01 Å². The van der Waals surface area contributed by atoms with Gasteiger partial charge in [-0.15, -0.1) is 0 Å². The Morgan fingerprint density at radius 3 is 2.84 bits per heavy atom. The van der Waals surface area contributed by atoms with Crippen LogP contribution in [0.5, 0.6) is 0 Å². The summed E-state index contributed by atoms with van der Waals surface area (Å²) < 4.78 is 19.9. The largest absolute Gasteiger partial charge is 0.464 e. The highest BCUT2D eigenvalue weighted by atomic mass is 16.5. The molecule has 1 aromatic carbocycles. The molecule has 3 aromatic heterocycles. The number of nitrogens with two attached hydrogens (primary N) is 1. The van der Waals surface area contributed by atoms with E-state index < -0.39 is 17.5 Å². The standard InChI is InChI=1S/C34H42N6O5/c1-6-39-28-12-11-21-15-24(28)25(30(39)23-9-7-13-36-29(23)20(2)43-5)17-34(3,4)19-45-33(42)27-10-8-14-40(38-27)32(41)26(35)16-22-18-44-31(21)37-22/h7,9,11-13,15,18,20,26-27,38H,6,8,10,14,16-17,19,35H2,1-5H3/t20-,26-,27-/m0/s1. The number of aromatic nitrogens is 3. The number of hydrogen-bond donors (Lipinski definition) is 2. The third-order valence-electron chi connectivity index (χ3n) is 8.86. The minimum absolute atomic E-state index is 0.201. The Kier molecular flexibility index (Phi) is 8.51. The van der Waals surface area contributed by atoms with Gasteiger partial charge in [-0.1, -0.05) is 13.8 Å². The van der Waals surface area contributed by atoms with Crippen LogP contribution < -0.4 is 11.2 Å². The maximum atomic E-state index is 13.3. The number of rotatable bonds is 4. The summed E-state index contributed by atoms with van der Waals surface area (Å²) >= 11 is 0. The molecule has 0 saturated carbocycles. The number of fused-ring (bicyclic) bond motifs is 6. The molecule has 1 saturated heterocycles. The third-order valence-corrected chi connectivity index (χ3v) is 8.86. The van der Waals surface area contributed by atoms with Crippen molar-refractivity contribution in [2.24, 2.45) is 11.1 Å². The molecule has 6 rings (SSSR count). The molecule has 45 heavy (non-hydrogen) atoms. The zero-order valence-corrected chi connectivity index (χ0v) is 26.6. The van der Waals surface area contributed by atoms with Crippen LogP contribution in [-0.4, -0.2) is 63.8 Å². The maximum Gasteiger partial charge on any atom is 0.324 e. The van der Waals surface area contributed by atoms with E-state index >= 15 is 0 Å². The van der Waals surface area contributed by atoms with Crippen LogP contribution in [0.25, 0.3) is 33.6 Å². The number of pyridine rings is 1. The van der Waals surface area contributed by atoms with E-state index in [9.17, 15) is 9.59 Å². The second-order valence-corrected chi connectivity index (χ2v) is 12.8. The molecule has 0 spiro atoms. The molecule has 11 heteroatoms. The van der Waals surface area contributed by atoms with Crippen LogP contribution in [0.2, 0.25) is 0 Å². The number of nitrogens with one attached hydrogen (secondary N) is 1. The molecule has 11 nitrogen and oxygen atoms in total. The van der Waals surface area contributed by atoms with E-state index in [2.05, 4.69) is 49.0 Å². The number of hydrogen-bond acceptors (Lipinski definition) is 9. The number of nitrogens with zero attached hydrogens (tertiary/aromatic N) is 4. The SMILES string of the molecule is CCn1c(-c2cccnc2[C@H](C)OC)c2c3cc(ccc31)-c1nc(co1)C[C@H](N)C(=O)N1CCC[C@H](N1)C(=O)OCC(C)(C)C2. The van der Waals surface area contributed by atoms with Crippen molar-refractivity contribution in [3.63, 3.8) is 0 Å². The maximum absolute atomic E-state index is 13.3. The quantitative estimate of drug-likeness (QED) is 0.317. The van der Waals surface area contributed by atoms with Gasteiger partial charge in [0.15, 0.2) is 0 Å². The average molecular weight is 615 g/mol. The highest BCUT2D eigenvalue weighted by molar-refractivity contribution is 5.95. The number of methoxy groups -OCH3 is 1. The van der Waals surface area contributed by atoms with Crippen molar-refractivity contribution in [3.8, 4) is 22.7 Å². The predicted octanol–water partition coefficient (Wildman–Crippen LogP) is 4.58. The van der Waals surface area contributed by atoms with E-state index in [1.54, 1.807) is 19.6 Å². The second-order valence-electron chi connectivity index (χ2n) is 12.8. The first-order valence-electron chi connectivity index (χ1n) is 15.7. The lowest BCUT2D eigenvalue weighted by Gasteiger charge is -2.34. The van der Waals surface area contributed by atoms with Crippen LogP contribution in [0.4, 0.5) is 0 Å². The fourth-order valence-corrected chi connectivity index (χ4v) is 6.48. The first-order valence-corrected chi connectivity index (χ1v) is 15.7. The summed E-state index contributed by atoms with van der Waals surface area (Å²) in [5.41, 5.74) is 15.5. The summed E-state index contributed by atoms with van der Waals surface area (Å²) in [5.74, 6) is -0.210. The Hall–Kier alpha value is -4.06. The van der Waals surface area contributed by atoms with Gasteiger partial charge < -0.3 is 24.2 Å². The fourth-order valence-electron chi connectivity index (χ4n) is 6.48. The number of benzene rings is 1. The summed E-state index contributed by atoms with van der Waals surface area (Å²) in [7, 11) is 1.69. The van der Waals surface area contributed by atoms with Crippen LogP contribution in [0.15, 0.2) is 47.2 Å². The highest BCUT2D eigenvalue weighted by Crippen LogP contribution is 2.41. The summed E-state index contributed by atoms with van der Waals surface area (Å²) in [6.45, 7) is 9.74. The first-order chi connectivity index (χ1) is 21.6. The van der Waals surface area contributed by atoms with E-state index in [-0.39, 0.29) is 31.0 Å². The summed E-state index contributed by atoms with van der Waals surface area (Å²) in [6, 6.07) is 8.80. The molecule has 3 N–H and O–H groups in total. The molecule has 6 bridgehead atoms. The molecule has 1 amide bonds. The van der Waals surface area contributed by atoms with Gasteiger partial charge in [-0.25, -0.2) is 10.4 Å². The second kappa shape index (κ2) is 12.4. The number of hydrazine groups is 1. The predicted molar refractivity (Wildman–Crippen MR) is 170 cm³/mol. The zero-order valence-electron chi connectivity index (χ0n) is 26.6. The first kappa shape index (κ1) is 30.9. The molecule has 2 aliphatic rings. The molecule has 2 aliphatic heterocycles. The van der Waals surface area contributed by atoms with E-state index in [1.807, 2.05) is 19.1 Å². The van der Waals surface area contributed by atoms with Gasteiger partial charge in [0.05, 0.1) is 35.8 Å². The topological polar surface area (TPSA) is 138 Å². The molecule has 5 heterocycles. The fraction of sp³-hybridized carbons (Fsp3) is 0.471. The lowest BCUT2D eigenvalue weighted by atomic mass is 9.84. The molecular weight excluding hydrogens is 572 g/mol. The van der Waals surface area contributed by atoms with Gasteiger partial charge in [-0.3, -0.25) is 19.6 Å². The van der Waals surface area contributed by atoms with Crippen LogP contribution in [0.1, 0.15) is 63.6 Å². The van der Waals surface area contributed by atoms with Gasteiger partial charge >= 0.3 is 5.97 Å². The van der Waals surface area contributed by atoms with E-state index in [0.717, 1.165) is 45.5 Å². The molecule has 0 unspecified atom stereocenters. The number of esters is 1. The minimum atomic E-state index is -0.846. The monoisotopic (exact) mass is 614 g/mol. The lowest BCUT2D eigenvalue weighted by molar-refractivity contribution is -0.154. The van der Waals surface area contributed by atoms with Gasteiger partial charge in [-0.05, 0) is 69.0 Å². The average Bonchev–Trinajstić information content (AvgIpc) is 3.64. The Balaban J connectivity index is 1.53. The number of carbonyl (C=O) groups is 2. The molecule has 1 fully saturated rings. The molecular formula is C34H42N6O5. The van der Waals surface area contributed by atoms with Gasteiger partial charge in [0.1, 0.15) is 12.3 Å². The van der Waals surface area contributed by atoms with E-state index in [0.29, 0.717) is 37.4 Å². The van der Waals surface area contributed by atoms with Crippen LogP contribution >= 0.6 is 0 Å². The minimum Gasteiger partial charge on any atom is -0.464 e. The number of carbonyl (C=O) groups excluding carboxylic acids is 2. The lowest BCUT2D eigenvalue weighted by Crippen LogP contribution is -2.59. The van der Waals surface area contributed by atoms with Crippen LogP contribution in [0.3, 0.4) is 0 Å². The van der Waals surface area contributed by atoms with Crippen LogP contribution in [-0.2, 0) is 38.4 Å². The van der Waals surface area contributed by atoms with Gasteiger partial charge in [-0.2, -0.15) is 0 Å². The molecule has 3 atom stereocenters. The number of aryl methyl sites for hydroxylation is 1.